The largest absolute Gasteiger partial charge is 0.416 e. The number of aromatic nitrogens is 2. The van der Waals surface area contributed by atoms with Gasteiger partial charge >= 0.3 is 6.18 Å². The first-order valence-corrected chi connectivity index (χ1v) is 8.09. The van der Waals surface area contributed by atoms with Gasteiger partial charge in [0.2, 0.25) is 0 Å². The van der Waals surface area contributed by atoms with Crippen molar-refractivity contribution in [2.45, 2.75) is 32.7 Å². The van der Waals surface area contributed by atoms with Crippen LogP contribution in [0.4, 0.5) is 13.2 Å². The van der Waals surface area contributed by atoms with Gasteiger partial charge in [0.25, 0.3) is 5.91 Å². The van der Waals surface area contributed by atoms with Gasteiger partial charge in [-0.3, -0.25) is 9.69 Å². The summed E-state index contributed by atoms with van der Waals surface area (Å²) in [4.78, 5) is 18.8. The Kier molecular flexibility index (Phi) is 4.80. The second-order valence-corrected chi connectivity index (χ2v) is 5.98. The monoisotopic (exact) mass is 352 g/mol. The molecular formula is C17H19F3N4O. The van der Waals surface area contributed by atoms with Gasteiger partial charge in [0, 0.05) is 25.8 Å². The molecule has 2 heterocycles. The van der Waals surface area contributed by atoms with Crippen LogP contribution in [0.25, 0.3) is 0 Å². The van der Waals surface area contributed by atoms with Crippen molar-refractivity contribution < 1.29 is 18.0 Å². The van der Waals surface area contributed by atoms with Gasteiger partial charge in [0.05, 0.1) is 12.1 Å². The maximum Gasteiger partial charge on any atom is 0.416 e. The van der Waals surface area contributed by atoms with Crippen molar-refractivity contribution in [1.82, 2.24) is 19.8 Å². The van der Waals surface area contributed by atoms with Crippen LogP contribution in [0.5, 0.6) is 0 Å². The molecule has 1 aromatic heterocycles. The molecule has 25 heavy (non-hydrogen) atoms. The van der Waals surface area contributed by atoms with E-state index in [0.717, 1.165) is 37.6 Å². The number of likely N-dealkylation sites (N-methyl/N-ethyl adjacent to an activating group) is 1. The number of carbonyl (C=O) groups excluding carboxylic acids is 1. The summed E-state index contributed by atoms with van der Waals surface area (Å²) in [7, 11) is 0. The minimum Gasteiger partial charge on any atom is -0.347 e. The fourth-order valence-corrected chi connectivity index (χ4v) is 2.77. The third kappa shape index (κ3) is 4.01. The van der Waals surface area contributed by atoms with Crippen LogP contribution in [0.1, 0.15) is 34.4 Å². The van der Waals surface area contributed by atoms with Gasteiger partial charge in [0.1, 0.15) is 11.5 Å². The highest BCUT2D eigenvalue weighted by atomic mass is 19.4. The Labute approximate surface area is 143 Å². The number of carbonyl (C=O) groups is 1. The van der Waals surface area contributed by atoms with Crippen molar-refractivity contribution in [2.75, 3.05) is 13.1 Å². The summed E-state index contributed by atoms with van der Waals surface area (Å²) in [5.41, 5.74) is 0.229. The zero-order valence-corrected chi connectivity index (χ0v) is 13.8. The third-order valence-corrected chi connectivity index (χ3v) is 4.30. The Morgan fingerprint density at radius 1 is 1.24 bits per heavy atom. The van der Waals surface area contributed by atoms with E-state index in [1.54, 1.807) is 6.20 Å². The van der Waals surface area contributed by atoms with Crippen molar-refractivity contribution in [3.63, 3.8) is 0 Å². The Bertz CT molecular complexity index is 752. The molecule has 0 bridgehead atoms. The Balaban J connectivity index is 1.61. The van der Waals surface area contributed by atoms with Crippen molar-refractivity contribution >= 4 is 5.91 Å². The standard InChI is InChI=1S/C17H19F3N4O/c1-2-23-7-8-24-10-14(22-15(24)11-23)16(25)21-9-12-3-5-13(6-4-12)17(18,19)20/h3-6,10H,2,7-9,11H2,1H3,(H,21,25). The maximum atomic E-state index is 12.5. The van der Waals surface area contributed by atoms with Gasteiger partial charge in [-0.05, 0) is 24.2 Å². The molecule has 1 aromatic carbocycles. The Morgan fingerprint density at radius 3 is 2.60 bits per heavy atom. The first-order chi connectivity index (χ1) is 11.9. The van der Waals surface area contributed by atoms with Gasteiger partial charge in [-0.15, -0.1) is 0 Å². The molecule has 0 fully saturated rings. The quantitative estimate of drug-likeness (QED) is 0.920. The average molecular weight is 352 g/mol. The van der Waals surface area contributed by atoms with Gasteiger partial charge < -0.3 is 9.88 Å². The molecule has 0 spiro atoms. The predicted molar refractivity (Wildman–Crippen MR) is 85.8 cm³/mol. The number of hydrogen-bond donors (Lipinski definition) is 1. The molecule has 1 aliphatic rings. The number of amides is 1. The van der Waals surface area contributed by atoms with Gasteiger partial charge in [-0.25, -0.2) is 4.98 Å². The number of halogens is 3. The highest BCUT2D eigenvalue weighted by molar-refractivity contribution is 5.92. The zero-order valence-electron chi connectivity index (χ0n) is 13.8. The summed E-state index contributed by atoms with van der Waals surface area (Å²) < 4.78 is 39.6. The summed E-state index contributed by atoms with van der Waals surface area (Å²) in [6, 6.07) is 4.74. The van der Waals surface area contributed by atoms with E-state index in [1.807, 2.05) is 4.57 Å². The zero-order chi connectivity index (χ0) is 18.0. The molecule has 134 valence electrons. The third-order valence-electron chi connectivity index (χ3n) is 4.30. The summed E-state index contributed by atoms with van der Waals surface area (Å²) in [6.07, 6.45) is -2.63. The molecule has 5 nitrogen and oxygen atoms in total. The van der Waals surface area contributed by atoms with Crippen molar-refractivity contribution in [1.29, 1.82) is 0 Å². The number of hydrogen-bond acceptors (Lipinski definition) is 3. The van der Waals surface area contributed by atoms with E-state index >= 15 is 0 Å². The van der Waals surface area contributed by atoms with E-state index in [2.05, 4.69) is 22.1 Å². The first-order valence-electron chi connectivity index (χ1n) is 8.09. The molecule has 1 aliphatic heterocycles. The highest BCUT2D eigenvalue weighted by Gasteiger charge is 2.29. The molecule has 0 saturated heterocycles. The fraction of sp³-hybridized carbons (Fsp3) is 0.412. The maximum absolute atomic E-state index is 12.5. The minimum atomic E-state index is -4.36. The molecule has 1 amide bonds. The second-order valence-electron chi connectivity index (χ2n) is 5.98. The number of fused-ring (bicyclic) bond motifs is 1. The minimum absolute atomic E-state index is 0.153. The molecule has 0 radical (unpaired) electrons. The lowest BCUT2D eigenvalue weighted by Crippen LogP contribution is -2.33. The molecular weight excluding hydrogens is 333 g/mol. The van der Waals surface area contributed by atoms with Gasteiger partial charge in [-0.1, -0.05) is 19.1 Å². The lowest BCUT2D eigenvalue weighted by atomic mass is 10.1. The van der Waals surface area contributed by atoms with E-state index in [9.17, 15) is 18.0 Å². The Morgan fingerprint density at radius 2 is 1.96 bits per heavy atom. The van der Waals surface area contributed by atoms with Crippen LogP contribution in [-0.2, 0) is 25.8 Å². The van der Waals surface area contributed by atoms with Crippen LogP contribution in [0, 0.1) is 0 Å². The molecule has 0 atom stereocenters. The van der Waals surface area contributed by atoms with E-state index in [0.29, 0.717) is 17.8 Å². The van der Waals surface area contributed by atoms with E-state index < -0.39 is 11.7 Å². The average Bonchev–Trinajstić information content (AvgIpc) is 3.02. The summed E-state index contributed by atoms with van der Waals surface area (Å²) in [6.45, 7) is 5.59. The van der Waals surface area contributed by atoms with Crippen molar-refractivity contribution in [3.05, 3.63) is 53.1 Å². The van der Waals surface area contributed by atoms with Crippen LogP contribution in [0.3, 0.4) is 0 Å². The SMILES string of the molecule is CCN1CCn2cc(C(=O)NCc3ccc(C(F)(F)F)cc3)nc2C1. The summed E-state index contributed by atoms with van der Waals surface area (Å²) in [5, 5.41) is 2.70. The van der Waals surface area contributed by atoms with Crippen LogP contribution in [0.2, 0.25) is 0 Å². The molecule has 1 N–H and O–H groups in total. The summed E-state index contributed by atoms with van der Waals surface area (Å²) in [5.74, 6) is 0.526. The lowest BCUT2D eigenvalue weighted by molar-refractivity contribution is -0.137. The van der Waals surface area contributed by atoms with Crippen LogP contribution >= 0.6 is 0 Å². The van der Waals surface area contributed by atoms with Crippen molar-refractivity contribution in [2.24, 2.45) is 0 Å². The smallest absolute Gasteiger partial charge is 0.347 e. The molecule has 8 heteroatoms. The normalized spacial score (nSPS) is 15.0. The van der Waals surface area contributed by atoms with E-state index in [1.165, 1.54) is 12.1 Å². The number of rotatable bonds is 4. The van der Waals surface area contributed by atoms with E-state index in [4.69, 9.17) is 0 Å². The number of alkyl halides is 3. The second kappa shape index (κ2) is 6.87. The lowest BCUT2D eigenvalue weighted by Gasteiger charge is -2.25. The molecule has 0 unspecified atom stereocenters. The molecule has 0 saturated carbocycles. The van der Waals surface area contributed by atoms with Gasteiger partial charge in [0.15, 0.2) is 0 Å². The molecule has 3 rings (SSSR count). The van der Waals surface area contributed by atoms with Crippen LogP contribution < -0.4 is 5.32 Å². The predicted octanol–water partition coefficient (Wildman–Crippen LogP) is 2.67. The molecule has 0 aliphatic carbocycles. The summed E-state index contributed by atoms with van der Waals surface area (Å²) >= 11 is 0. The highest BCUT2D eigenvalue weighted by Crippen LogP contribution is 2.29. The topological polar surface area (TPSA) is 50.2 Å². The number of nitrogens with zero attached hydrogens (tertiary/aromatic N) is 3. The van der Waals surface area contributed by atoms with Crippen molar-refractivity contribution in [3.8, 4) is 0 Å². The Hall–Kier alpha value is -2.35. The number of benzene rings is 1. The first kappa shape index (κ1) is 17.5. The number of nitrogens with one attached hydrogen (secondary N) is 1. The fourth-order valence-electron chi connectivity index (χ4n) is 2.77. The van der Waals surface area contributed by atoms with E-state index in [-0.39, 0.29) is 12.5 Å². The van der Waals surface area contributed by atoms with Crippen LogP contribution in [-0.4, -0.2) is 33.4 Å². The molecule has 2 aromatic rings. The van der Waals surface area contributed by atoms with Crippen LogP contribution in [0.15, 0.2) is 30.5 Å². The van der Waals surface area contributed by atoms with Gasteiger partial charge in [-0.2, -0.15) is 13.2 Å². The number of imidazole rings is 1.